The van der Waals surface area contributed by atoms with Crippen LogP contribution in [0.1, 0.15) is 32.0 Å². The SMILES string of the molecule is CC(C)(C)c1cccc(OCc2cnc(NN)cn2)c1. The van der Waals surface area contributed by atoms with Crippen molar-refractivity contribution in [1.82, 2.24) is 9.97 Å². The topological polar surface area (TPSA) is 73.1 Å². The first-order chi connectivity index (χ1) is 9.49. The molecule has 0 unspecified atom stereocenters. The first kappa shape index (κ1) is 14.3. The maximum absolute atomic E-state index is 5.75. The Labute approximate surface area is 119 Å². The maximum atomic E-state index is 5.75. The number of nitrogens with zero attached hydrogens (tertiary/aromatic N) is 2. The molecule has 0 fully saturated rings. The van der Waals surface area contributed by atoms with Crippen molar-refractivity contribution in [1.29, 1.82) is 0 Å². The van der Waals surface area contributed by atoms with Gasteiger partial charge in [-0.2, -0.15) is 0 Å². The van der Waals surface area contributed by atoms with Gasteiger partial charge in [-0.25, -0.2) is 10.8 Å². The molecule has 0 spiro atoms. The number of hydrogen-bond acceptors (Lipinski definition) is 5. The first-order valence-corrected chi connectivity index (χ1v) is 6.50. The number of nitrogens with two attached hydrogens (primary N) is 1. The fourth-order valence-corrected chi connectivity index (χ4v) is 1.71. The van der Waals surface area contributed by atoms with E-state index in [-0.39, 0.29) is 5.41 Å². The van der Waals surface area contributed by atoms with Gasteiger partial charge in [0.05, 0.1) is 18.1 Å². The van der Waals surface area contributed by atoms with Gasteiger partial charge >= 0.3 is 0 Å². The van der Waals surface area contributed by atoms with Gasteiger partial charge in [-0.1, -0.05) is 32.9 Å². The van der Waals surface area contributed by atoms with Crippen LogP contribution < -0.4 is 16.0 Å². The van der Waals surface area contributed by atoms with Crippen LogP contribution in [0.15, 0.2) is 36.7 Å². The fourth-order valence-electron chi connectivity index (χ4n) is 1.71. The number of hydrogen-bond donors (Lipinski definition) is 2. The number of nitrogens with one attached hydrogen (secondary N) is 1. The molecule has 1 aromatic heterocycles. The van der Waals surface area contributed by atoms with E-state index in [1.807, 2.05) is 12.1 Å². The molecule has 0 bridgehead atoms. The van der Waals surface area contributed by atoms with Crippen LogP contribution in [-0.4, -0.2) is 9.97 Å². The Kier molecular flexibility index (Phi) is 4.20. The molecule has 1 heterocycles. The van der Waals surface area contributed by atoms with Gasteiger partial charge < -0.3 is 10.2 Å². The molecule has 106 valence electrons. The number of benzene rings is 1. The number of anilines is 1. The molecule has 0 aliphatic carbocycles. The van der Waals surface area contributed by atoms with Gasteiger partial charge in [-0.15, -0.1) is 0 Å². The Morgan fingerprint density at radius 3 is 2.60 bits per heavy atom. The quantitative estimate of drug-likeness (QED) is 0.661. The van der Waals surface area contributed by atoms with E-state index >= 15 is 0 Å². The second-order valence-corrected chi connectivity index (χ2v) is 5.60. The van der Waals surface area contributed by atoms with Crippen molar-refractivity contribution >= 4 is 5.82 Å². The lowest BCUT2D eigenvalue weighted by Crippen LogP contribution is -2.11. The van der Waals surface area contributed by atoms with Crippen molar-refractivity contribution in [2.24, 2.45) is 5.84 Å². The Bertz CT molecular complexity index is 561. The maximum Gasteiger partial charge on any atom is 0.158 e. The lowest BCUT2D eigenvalue weighted by atomic mass is 9.87. The van der Waals surface area contributed by atoms with Gasteiger partial charge in [-0.05, 0) is 23.1 Å². The summed E-state index contributed by atoms with van der Waals surface area (Å²) in [5, 5.41) is 0. The van der Waals surface area contributed by atoms with E-state index in [0.29, 0.717) is 12.4 Å². The predicted octanol–water partition coefficient (Wildman–Crippen LogP) is 2.64. The lowest BCUT2D eigenvalue weighted by Gasteiger charge is -2.19. The summed E-state index contributed by atoms with van der Waals surface area (Å²) in [4.78, 5) is 8.29. The average Bonchev–Trinajstić information content (AvgIpc) is 2.45. The average molecular weight is 272 g/mol. The number of ether oxygens (including phenoxy) is 1. The lowest BCUT2D eigenvalue weighted by molar-refractivity contribution is 0.300. The second-order valence-electron chi connectivity index (χ2n) is 5.60. The zero-order valence-electron chi connectivity index (χ0n) is 12.1. The largest absolute Gasteiger partial charge is 0.487 e. The van der Waals surface area contributed by atoms with Crippen LogP contribution in [-0.2, 0) is 12.0 Å². The Balaban J connectivity index is 2.03. The van der Waals surface area contributed by atoms with Crippen LogP contribution in [0, 0.1) is 0 Å². The summed E-state index contributed by atoms with van der Waals surface area (Å²) < 4.78 is 5.75. The molecule has 20 heavy (non-hydrogen) atoms. The van der Waals surface area contributed by atoms with Crippen molar-refractivity contribution < 1.29 is 4.74 Å². The molecule has 0 radical (unpaired) electrons. The molecule has 5 heteroatoms. The van der Waals surface area contributed by atoms with Crippen molar-refractivity contribution in [3.63, 3.8) is 0 Å². The van der Waals surface area contributed by atoms with Gasteiger partial charge in [0.1, 0.15) is 12.4 Å². The summed E-state index contributed by atoms with van der Waals surface area (Å²) >= 11 is 0. The number of nitrogen functional groups attached to an aromatic ring is 1. The van der Waals surface area contributed by atoms with E-state index in [1.54, 1.807) is 12.4 Å². The summed E-state index contributed by atoms with van der Waals surface area (Å²) in [6.07, 6.45) is 3.22. The van der Waals surface area contributed by atoms with Gasteiger partial charge in [0, 0.05) is 0 Å². The normalized spacial score (nSPS) is 11.2. The molecule has 0 aliphatic rings. The molecule has 0 saturated heterocycles. The molecular weight excluding hydrogens is 252 g/mol. The standard InChI is InChI=1S/C15H20N4O/c1-15(2,3)11-5-4-6-13(7-11)20-10-12-8-18-14(19-16)9-17-12/h4-9H,10,16H2,1-3H3,(H,18,19). The Morgan fingerprint density at radius 1 is 1.20 bits per heavy atom. The summed E-state index contributed by atoms with van der Waals surface area (Å²) in [7, 11) is 0. The highest BCUT2D eigenvalue weighted by atomic mass is 16.5. The molecule has 0 amide bonds. The van der Waals surface area contributed by atoms with Crippen LogP contribution >= 0.6 is 0 Å². The van der Waals surface area contributed by atoms with E-state index in [0.717, 1.165) is 11.4 Å². The number of hydrazine groups is 1. The monoisotopic (exact) mass is 272 g/mol. The van der Waals surface area contributed by atoms with E-state index in [2.05, 4.69) is 48.3 Å². The van der Waals surface area contributed by atoms with Crippen LogP contribution in [0.2, 0.25) is 0 Å². The van der Waals surface area contributed by atoms with Crippen molar-refractivity contribution in [2.75, 3.05) is 5.43 Å². The number of rotatable bonds is 4. The molecule has 3 N–H and O–H groups in total. The second kappa shape index (κ2) is 5.88. The number of aromatic nitrogens is 2. The zero-order valence-corrected chi connectivity index (χ0v) is 12.1. The molecule has 5 nitrogen and oxygen atoms in total. The fraction of sp³-hybridized carbons (Fsp3) is 0.333. The molecule has 0 aliphatic heterocycles. The van der Waals surface area contributed by atoms with Crippen LogP contribution in [0.4, 0.5) is 5.82 Å². The van der Waals surface area contributed by atoms with E-state index in [1.165, 1.54) is 5.56 Å². The summed E-state index contributed by atoms with van der Waals surface area (Å²) in [6.45, 7) is 6.91. The van der Waals surface area contributed by atoms with Gasteiger partial charge in [0.25, 0.3) is 0 Å². The molecule has 1 aromatic carbocycles. The van der Waals surface area contributed by atoms with Crippen LogP contribution in [0.3, 0.4) is 0 Å². The minimum Gasteiger partial charge on any atom is -0.487 e. The third kappa shape index (κ3) is 3.68. The minimum absolute atomic E-state index is 0.105. The molecule has 2 aromatic rings. The van der Waals surface area contributed by atoms with Gasteiger partial charge in [0.15, 0.2) is 5.82 Å². The highest BCUT2D eigenvalue weighted by molar-refractivity contribution is 5.33. The van der Waals surface area contributed by atoms with Crippen LogP contribution in [0.5, 0.6) is 5.75 Å². The highest BCUT2D eigenvalue weighted by Crippen LogP contribution is 2.25. The predicted molar refractivity (Wildman–Crippen MR) is 79.3 cm³/mol. The molecule has 2 rings (SSSR count). The van der Waals surface area contributed by atoms with Crippen LogP contribution in [0.25, 0.3) is 0 Å². The summed E-state index contributed by atoms with van der Waals surface area (Å²) in [5.41, 5.74) is 4.54. The van der Waals surface area contributed by atoms with Crippen molar-refractivity contribution in [3.8, 4) is 5.75 Å². The van der Waals surface area contributed by atoms with E-state index in [9.17, 15) is 0 Å². The van der Waals surface area contributed by atoms with Crippen molar-refractivity contribution in [2.45, 2.75) is 32.8 Å². The zero-order chi connectivity index (χ0) is 14.6. The van der Waals surface area contributed by atoms with Gasteiger partial charge in [-0.3, -0.25) is 4.98 Å². The summed E-state index contributed by atoms with van der Waals surface area (Å²) in [5.74, 6) is 6.60. The highest BCUT2D eigenvalue weighted by Gasteiger charge is 2.13. The summed E-state index contributed by atoms with van der Waals surface area (Å²) in [6, 6.07) is 8.11. The molecular formula is C15H20N4O. The third-order valence-electron chi connectivity index (χ3n) is 2.94. The van der Waals surface area contributed by atoms with E-state index < -0.39 is 0 Å². The van der Waals surface area contributed by atoms with Gasteiger partial charge in [0.2, 0.25) is 0 Å². The Morgan fingerprint density at radius 2 is 2.00 bits per heavy atom. The third-order valence-corrected chi connectivity index (χ3v) is 2.94. The van der Waals surface area contributed by atoms with E-state index in [4.69, 9.17) is 10.6 Å². The first-order valence-electron chi connectivity index (χ1n) is 6.50. The molecule has 0 atom stereocenters. The Hall–Kier alpha value is -2.14. The minimum atomic E-state index is 0.105. The smallest absolute Gasteiger partial charge is 0.158 e. The molecule has 0 saturated carbocycles. The van der Waals surface area contributed by atoms with Crippen molar-refractivity contribution in [3.05, 3.63) is 47.9 Å².